The maximum absolute atomic E-state index is 12.7. The Hall–Kier alpha value is -2.60. The number of rotatable bonds is 7. The minimum absolute atomic E-state index is 0.00540. The van der Waals surface area contributed by atoms with Gasteiger partial charge >= 0.3 is 0 Å². The van der Waals surface area contributed by atoms with E-state index >= 15 is 0 Å². The highest BCUT2D eigenvalue weighted by Crippen LogP contribution is 2.20. The summed E-state index contributed by atoms with van der Waals surface area (Å²) < 4.78 is 1.56. The third kappa shape index (κ3) is 3.58. The van der Waals surface area contributed by atoms with Crippen molar-refractivity contribution in [1.82, 2.24) is 14.5 Å². The average molecular weight is 353 g/mol. The maximum atomic E-state index is 12.7. The zero-order chi connectivity index (χ0) is 17.8. The monoisotopic (exact) mass is 353 g/mol. The van der Waals surface area contributed by atoms with Crippen LogP contribution in [0.5, 0.6) is 0 Å². The molecule has 0 unspecified atom stereocenters. The molecule has 0 spiro atoms. The van der Waals surface area contributed by atoms with Gasteiger partial charge in [-0.15, -0.1) is 6.58 Å². The number of hydrogen-bond donors (Lipinski definition) is 1. The van der Waals surface area contributed by atoms with Gasteiger partial charge in [0.1, 0.15) is 5.65 Å². The molecule has 2 aromatic heterocycles. The Morgan fingerprint density at radius 1 is 1.36 bits per heavy atom. The van der Waals surface area contributed by atoms with Gasteiger partial charge in [0.2, 0.25) is 0 Å². The van der Waals surface area contributed by atoms with Crippen LogP contribution in [0.15, 0.2) is 59.0 Å². The SMILES string of the molecule is C=CCn1c(SCC(=O)c2ccccc2)nc2[nH]c(CC)cc2c1=O. The molecule has 6 heteroatoms. The third-order valence-electron chi connectivity index (χ3n) is 3.89. The number of thioether (sulfide) groups is 1. The van der Waals surface area contributed by atoms with Crippen LogP contribution in [0.2, 0.25) is 0 Å². The summed E-state index contributed by atoms with van der Waals surface area (Å²) in [5.74, 6) is 0.228. The largest absolute Gasteiger partial charge is 0.343 e. The first-order valence-electron chi connectivity index (χ1n) is 8.08. The van der Waals surface area contributed by atoms with Crippen molar-refractivity contribution in [3.8, 4) is 0 Å². The van der Waals surface area contributed by atoms with Gasteiger partial charge in [-0.1, -0.05) is 55.1 Å². The molecular weight excluding hydrogens is 334 g/mol. The Bertz CT molecular complexity index is 973. The van der Waals surface area contributed by atoms with E-state index in [-0.39, 0.29) is 17.1 Å². The van der Waals surface area contributed by atoms with Gasteiger partial charge in [0.25, 0.3) is 5.56 Å². The molecule has 128 valence electrons. The molecule has 0 saturated carbocycles. The number of aromatic nitrogens is 3. The lowest BCUT2D eigenvalue weighted by Gasteiger charge is -2.09. The van der Waals surface area contributed by atoms with Gasteiger partial charge in [-0.05, 0) is 12.5 Å². The second-order valence-electron chi connectivity index (χ2n) is 5.59. The Kier molecular flexibility index (Phi) is 5.19. The number of aryl methyl sites for hydroxylation is 1. The van der Waals surface area contributed by atoms with Crippen LogP contribution < -0.4 is 5.56 Å². The van der Waals surface area contributed by atoms with Gasteiger partial charge in [0.15, 0.2) is 10.9 Å². The normalized spacial score (nSPS) is 10.9. The van der Waals surface area contributed by atoms with Gasteiger partial charge in [-0.2, -0.15) is 0 Å². The van der Waals surface area contributed by atoms with Crippen LogP contribution >= 0.6 is 11.8 Å². The zero-order valence-electron chi connectivity index (χ0n) is 14.0. The fraction of sp³-hybridized carbons (Fsp3) is 0.211. The minimum atomic E-state index is -0.115. The lowest BCUT2D eigenvalue weighted by molar-refractivity contribution is 0.102. The van der Waals surface area contributed by atoms with Crippen LogP contribution in [0, 0.1) is 0 Å². The van der Waals surface area contributed by atoms with Gasteiger partial charge in [0, 0.05) is 17.8 Å². The van der Waals surface area contributed by atoms with Crippen LogP contribution in [-0.4, -0.2) is 26.1 Å². The van der Waals surface area contributed by atoms with Gasteiger partial charge in [-0.25, -0.2) is 4.98 Å². The molecule has 0 radical (unpaired) electrons. The molecule has 1 N–H and O–H groups in total. The summed E-state index contributed by atoms with van der Waals surface area (Å²) in [6, 6.07) is 11.0. The highest BCUT2D eigenvalue weighted by Gasteiger charge is 2.15. The molecule has 25 heavy (non-hydrogen) atoms. The summed E-state index contributed by atoms with van der Waals surface area (Å²) in [6.45, 7) is 6.08. The number of hydrogen-bond acceptors (Lipinski definition) is 4. The molecule has 5 nitrogen and oxygen atoms in total. The first-order chi connectivity index (χ1) is 12.1. The van der Waals surface area contributed by atoms with Crippen LogP contribution in [0.25, 0.3) is 11.0 Å². The van der Waals surface area contributed by atoms with E-state index in [1.165, 1.54) is 11.8 Å². The lowest BCUT2D eigenvalue weighted by Crippen LogP contribution is -2.22. The van der Waals surface area contributed by atoms with Crippen molar-refractivity contribution in [3.05, 3.63) is 70.7 Å². The van der Waals surface area contributed by atoms with Gasteiger partial charge < -0.3 is 4.98 Å². The summed E-state index contributed by atoms with van der Waals surface area (Å²) in [5.41, 5.74) is 2.07. The van der Waals surface area contributed by atoms with E-state index in [1.54, 1.807) is 22.8 Å². The first kappa shape index (κ1) is 17.2. The number of nitrogens with zero attached hydrogens (tertiary/aromatic N) is 2. The number of aromatic amines is 1. The maximum Gasteiger partial charge on any atom is 0.263 e. The van der Waals surface area contributed by atoms with E-state index in [9.17, 15) is 9.59 Å². The van der Waals surface area contributed by atoms with Crippen molar-refractivity contribution < 1.29 is 4.79 Å². The standard InChI is InChI=1S/C19H19N3O2S/c1-3-10-22-18(24)15-11-14(4-2)20-17(15)21-19(22)25-12-16(23)13-8-6-5-7-9-13/h3,5-9,11,20H,1,4,10,12H2,2H3. The lowest BCUT2D eigenvalue weighted by atomic mass is 10.2. The van der Waals surface area contributed by atoms with Crippen molar-refractivity contribution in [2.24, 2.45) is 0 Å². The van der Waals surface area contributed by atoms with Crippen molar-refractivity contribution >= 4 is 28.6 Å². The number of Topliss-reactive ketones (excluding diaryl/α,β-unsaturated/α-hetero) is 1. The summed E-state index contributed by atoms with van der Waals surface area (Å²) >= 11 is 1.27. The molecule has 0 fully saturated rings. The van der Waals surface area contributed by atoms with Crippen LogP contribution in [0.4, 0.5) is 0 Å². The summed E-state index contributed by atoms with van der Waals surface area (Å²) in [5, 5.41) is 1.09. The Morgan fingerprint density at radius 3 is 2.80 bits per heavy atom. The first-order valence-corrected chi connectivity index (χ1v) is 9.07. The number of H-pyrrole nitrogens is 1. The molecule has 0 aliphatic carbocycles. The fourth-order valence-corrected chi connectivity index (χ4v) is 3.46. The second-order valence-corrected chi connectivity index (χ2v) is 6.53. The Labute approximate surface area is 149 Å². The average Bonchev–Trinajstić information content (AvgIpc) is 3.06. The highest BCUT2D eigenvalue weighted by molar-refractivity contribution is 7.99. The molecule has 0 aliphatic rings. The summed E-state index contributed by atoms with van der Waals surface area (Å²) in [6.07, 6.45) is 2.46. The highest BCUT2D eigenvalue weighted by atomic mass is 32.2. The number of carbonyl (C=O) groups is 1. The van der Waals surface area contributed by atoms with Crippen molar-refractivity contribution in [1.29, 1.82) is 0 Å². The topological polar surface area (TPSA) is 67.8 Å². The molecule has 3 aromatic rings. The number of benzene rings is 1. The van der Waals surface area contributed by atoms with E-state index in [0.717, 1.165) is 12.1 Å². The van der Waals surface area contributed by atoms with Crippen LogP contribution in [0.3, 0.4) is 0 Å². The van der Waals surface area contributed by atoms with E-state index in [2.05, 4.69) is 16.5 Å². The Morgan fingerprint density at radius 2 is 2.12 bits per heavy atom. The molecule has 1 aromatic carbocycles. The number of ketones is 1. The molecule has 0 saturated heterocycles. The number of nitrogens with one attached hydrogen (secondary N) is 1. The van der Waals surface area contributed by atoms with E-state index in [0.29, 0.717) is 28.3 Å². The van der Waals surface area contributed by atoms with Crippen molar-refractivity contribution in [2.75, 3.05) is 5.75 Å². The minimum Gasteiger partial charge on any atom is -0.343 e. The van der Waals surface area contributed by atoms with E-state index in [4.69, 9.17) is 0 Å². The molecule has 0 amide bonds. The molecule has 2 heterocycles. The van der Waals surface area contributed by atoms with Crippen LogP contribution in [0.1, 0.15) is 23.0 Å². The van der Waals surface area contributed by atoms with Crippen molar-refractivity contribution in [3.63, 3.8) is 0 Å². The molecule has 0 atom stereocenters. The predicted octanol–water partition coefficient (Wildman–Crippen LogP) is 3.45. The molecule has 0 bridgehead atoms. The van der Waals surface area contributed by atoms with Gasteiger partial charge in [-0.3, -0.25) is 14.2 Å². The fourth-order valence-electron chi connectivity index (χ4n) is 2.57. The second kappa shape index (κ2) is 7.53. The number of allylic oxidation sites excluding steroid dienone is 1. The quantitative estimate of drug-likeness (QED) is 0.306. The molecule has 3 rings (SSSR count). The van der Waals surface area contributed by atoms with Crippen LogP contribution in [-0.2, 0) is 13.0 Å². The number of carbonyl (C=O) groups excluding carboxylic acids is 1. The predicted molar refractivity (Wildman–Crippen MR) is 101 cm³/mol. The van der Waals surface area contributed by atoms with Crippen molar-refractivity contribution in [2.45, 2.75) is 25.0 Å². The van der Waals surface area contributed by atoms with E-state index < -0.39 is 0 Å². The Balaban J connectivity index is 1.94. The summed E-state index contributed by atoms with van der Waals surface area (Å²) in [4.78, 5) is 32.8. The van der Waals surface area contributed by atoms with E-state index in [1.807, 2.05) is 31.2 Å². The number of fused-ring (bicyclic) bond motifs is 1. The van der Waals surface area contributed by atoms with Gasteiger partial charge in [0.05, 0.1) is 11.1 Å². The molecule has 0 aliphatic heterocycles. The third-order valence-corrected chi connectivity index (χ3v) is 4.86. The summed E-state index contributed by atoms with van der Waals surface area (Å²) in [7, 11) is 0. The molecular formula is C19H19N3O2S. The smallest absolute Gasteiger partial charge is 0.263 e. The zero-order valence-corrected chi connectivity index (χ0v) is 14.8.